The molecule has 0 N–H and O–H groups in total. The summed E-state index contributed by atoms with van der Waals surface area (Å²) in [6, 6.07) is 4.18. The van der Waals surface area contributed by atoms with E-state index in [-0.39, 0.29) is 22.3 Å². The van der Waals surface area contributed by atoms with Crippen LogP contribution < -0.4 is 5.82 Å². The van der Waals surface area contributed by atoms with E-state index in [1.807, 2.05) is 0 Å². The van der Waals surface area contributed by atoms with E-state index in [0.717, 1.165) is 6.07 Å². The average molecular weight is 331 g/mol. The fourth-order valence-electron chi connectivity index (χ4n) is 2.19. The van der Waals surface area contributed by atoms with Gasteiger partial charge in [-0.3, -0.25) is 14.9 Å². The van der Waals surface area contributed by atoms with Crippen LogP contribution in [-0.4, -0.2) is 28.8 Å². The first-order chi connectivity index (χ1) is 11.4. The summed E-state index contributed by atoms with van der Waals surface area (Å²) in [7, 11) is 0. The van der Waals surface area contributed by atoms with E-state index in [4.69, 9.17) is 4.42 Å². The van der Waals surface area contributed by atoms with Gasteiger partial charge < -0.3 is 13.7 Å². The van der Waals surface area contributed by atoms with Gasteiger partial charge in [-0.25, -0.2) is 4.79 Å². The molecule has 2 rings (SSSR count). The number of nitriles is 1. The molecule has 1 amide bonds. The number of non-ortho nitro benzene ring substituents is 1. The molecule has 1 aromatic carbocycles. The zero-order valence-electron chi connectivity index (χ0n) is 12.9. The van der Waals surface area contributed by atoms with Crippen LogP contribution in [0.3, 0.4) is 0 Å². The second-order valence-electron chi connectivity index (χ2n) is 4.73. The molecule has 124 valence electrons. The SMILES string of the molecule is CCN(CC)C(=O)/C(C#N)=C/c1cc([N+](=O)[O-])c2oc(=O)oc2c1. The first-order valence-electron chi connectivity index (χ1n) is 7.04. The number of nitrogens with zero attached hydrogens (tertiary/aromatic N) is 3. The number of hydrogen-bond acceptors (Lipinski definition) is 7. The molecule has 0 fully saturated rings. The van der Waals surface area contributed by atoms with E-state index in [0.29, 0.717) is 13.1 Å². The number of fused-ring (bicyclic) bond motifs is 1. The van der Waals surface area contributed by atoms with E-state index in [2.05, 4.69) is 4.42 Å². The van der Waals surface area contributed by atoms with Crippen molar-refractivity contribution in [3.63, 3.8) is 0 Å². The van der Waals surface area contributed by atoms with Crippen LogP contribution >= 0.6 is 0 Å². The Bertz CT molecular complexity index is 927. The molecule has 9 nitrogen and oxygen atoms in total. The second kappa shape index (κ2) is 6.78. The van der Waals surface area contributed by atoms with Crippen LogP contribution in [0.25, 0.3) is 17.2 Å². The first kappa shape index (κ1) is 17.0. The molecule has 0 saturated heterocycles. The molecule has 0 aliphatic rings. The molecule has 24 heavy (non-hydrogen) atoms. The van der Waals surface area contributed by atoms with Crippen LogP contribution in [0.4, 0.5) is 5.69 Å². The highest BCUT2D eigenvalue weighted by molar-refractivity contribution is 6.02. The van der Waals surface area contributed by atoms with Crippen LogP contribution in [0.5, 0.6) is 0 Å². The molecule has 0 spiro atoms. The molecule has 0 radical (unpaired) electrons. The van der Waals surface area contributed by atoms with Gasteiger partial charge in [-0.15, -0.1) is 0 Å². The van der Waals surface area contributed by atoms with Crippen molar-refractivity contribution in [3.8, 4) is 6.07 Å². The molecule has 1 aromatic heterocycles. The summed E-state index contributed by atoms with van der Waals surface area (Å²) in [6.45, 7) is 4.38. The van der Waals surface area contributed by atoms with Gasteiger partial charge >= 0.3 is 11.5 Å². The molecule has 2 aromatic rings. The van der Waals surface area contributed by atoms with Gasteiger partial charge in [0, 0.05) is 19.2 Å². The highest BCUT2D eigenvalue weighted by Crippen LogP contribution is 2.28. The highest BCUT2D eigenvalue weighted by Gasteiger charge is 2.21. The van der Waals surface area contributed by atoms with Crippen molar-refractivity contribution in [1.29, 1.82) is 5.26 Å². The molecule has 0 aliphatic carbocycles. The van der Waals surface area contributed by atoms with Crippen LogP contribution in [0.1, 0.15) is 19.4 Å². The minimum atomic E-state index is -1.08. The Hall–Kier alpha value is -3.41. The number of nitro groups is 1. The Kier molecular flexibility index (Phi) is 4.79. The number of likely N-dealkylation sites (N-methyl/N-ethyl adjacent to an activating group) is 1. The standard InChI is InChI=1S/C15H13N3O6/c1-3-17(4-2)14(19)10(8-16)5-9-6-11(18(21)22)13-12(7-9)23-15(20)24-13/h5-7H,3-4H2,1-2H3/b10-5+. The summed E-state index contributed by atoms with van der Waals surface area (Å²) in [6.07, 6.45) is 1.21. The predicted molar refractivity (Wildman–Crippen MR) is 82.9 cm³/mol. The maximum atomic E-state index is 12.2. The zero-order chi connectivity index (χ0) is 17.9. The maximum absolute atomic E-state index is 12.2. The van der Waals surface area contributed by atoms with Gasteiger partial charge in [0.15, 0.2) is 5.58 Å². The van der Waals surface area contributed by atoms with E-state index in [1.165, 1.54) is 17.0 Å². The third-order valence-corrected chi connectivity index (χ3v) is 3.35. The quantitative estimate of drug-likeness (QED) is 0.354. The average Bonchev–Trinajstić information content (AvgIpc) is 2.92. The van der Waals surface area contributed by atoms with E-state index in [1.54, 1.807) is 19.9 Å². The largest absolute Gasteiger partial charge is 0.519 e. The number of amides is 1. The summed E-state index contributed by atoms with van der Waals surface area (Å²) in [5, 5.41) is 20.3. The number of hydrogen-bond donors (Lipinski definition) is 0. The van der Waals surface area contributed by atoms with E-state index >= 15 is 0 Å². The van der Waals surface area contributed by atoms with E-state index in [9.17, 15) is 25.0 Å². The van der Waals surface area contributed by atoms with Crippen molar-refractivity contribution in [2.45, 2.75) is 13.8 Å². The molecular formula is C15H13N3O6. The molecule has 1 heterocycles. The fourth-order valence-corrected chi connectivity index (χ4v) is 2.19. The molecular weight excluding hydrogens is 318 g/mol. The van der Waals surface area contributed by atoms with Crippen molar-refractivity contribution in [1.82, 2.24) is 4.90 Å². The summed E-state index contributed by atoms with van der Waals surface area (Å²) >= 11 is 0. The minimum absolute atomic E-state index is 0.131. The molecule has 0 saturated carbocycles. The van der Waals surface area contributed by atoms with Gasteiger partial charge in [-0.05, 0) is 31.6 Å². The Morgan fingerprint density at radius 3 is 2.58 bits per heavy atom. The molecule has 0 unspecified atom stereocenters. The van der Waals surface area contributed by atoms with E-state index < -0.39 is 22.3 Å². The van der Waals surface area contributed by atoms with Crippen LogP contribution in [0, 0.1) is 21.4 Å². The lowest BCUT2D eigenvalue weighted by Gasteiger charge is -2.17. The lowest BCUT2D eigenvalue weighted by Crippen LogP contribution is -2.31. The van der Waals surface area contributed by atoms with Crippen LogP contribution in [0.15, 0.2) is 31.3 Å². The smallest absolute Gasteiger partial charge is 0.390 e. The van der Waals surface area contributed by atoms with Crippen molar-refractivity contribution < 1.29 is 18.6 Å². The number of nitro benzene ring substituents is 1. The topological polar surface area (TPSA) is 131 Å². The monoisotopic (exact) mass is 331 g/mol. The normalized spacial score (nSPS) is 11.3. The number of carbonyl (C=O) groups is 1. The highest BCUT2D eigenvalue weighted by atomic mass is 16.6. The molecule has 0 aliphatic heterocycles. The lowest BCUT2D eigenvalue weighted by molar-refractivity contribution is -0.383. The fraction of sp³-hybridized carbons (Fsp3) is 0.267. The van der Waals surface area contributed by atoms with Gasteiger partial charge in [-0.1, -0.05) is 0 Å². The van der Waals surface area contributed by atoms with Crippen molar-refractivity contribution in [2.24, 2.45) is 0 Å². The second-order valence-corrected chi connectivity index (χ2v) is 4.73. The van der Waals surface area contributed by atoms with Crippen molar-refractivity contribution in [3.05, 3.63) is 44.0 Å². The summed E-state index contributed by atoms with van der Waals surface area (Å²) < 4.78 is 9.37. The third kappa shape index (κ3) is 3.17. The number of rotatable bonds is 5. The van der Waals surface area contributed by atoms with Crippen molar-refractivity contribution in [2.75, 3.05) is 13.1 Å². The molecule has 0 atom stereocenters. The Morgan fingerprint density at radius 2 is 2.04 bits per heavy atom. The molecule has 9 heteroatoms. The summed E-state index contributed by atoms with van der Waals surface area (Å²) in [4.78, 5) is 35.2. The van der Waals surface area contributed by atoms with Gasteiger partial charge in [-0.2, -0.15) is 5.26 Å². The Balaban J connectivity index is 2.59. The maximum Gasteiger partial charge on any atom is 0.519 e. The minimum Gasteiger partial charge on any atom is -0.390 e. The van der Waals surface area contributed by atoms with Gasteiger partial charge in [0.1, 0.15) is 11.6 Å². The van der Waals surface area contributed by atoms with Crippen LogP contribution in [-0.2, 0) is 4.79 Å². The van der Waals surface area contributed by atoms with Gasteiger partial charge in [0.05, 0.1) is 4.92 Å². The van der Waals surface area contributed by atoms with Gasteiger partial charge in [0.2, 0.25) is 0 Å². The zero-order valence-corrected chi connectivity index (χ0v) is 12.9. The van der Waals surface area contributed by atoms with Gasteiger partial charge in [0.25, 0.3) is 11.5 Å². The first-order valence-corrected chi connectivity index (χ1v) is 7.04. The Morgan fingerprint density at radius 1 is 1.38 bits per heavy atom. The third-order valence-electron chi connectivity index (χ3n) is 3.35. The summed E-state index contributed by atoms with van der Waals surface area (Å²) in [5.74, 6) is -1.56. The lowest BCUT2D eigenvalue weighted by atomic mass is 10.1. The number of carbonyl (C=O) groups excluding carboxylic acids is 1. The van der Waals surface area contributed by atoms with Crippen molar-refractivity contribution >= 4 is 28.8 Å². The van der Waals surface area contributed by atoms with Crippen LogP contribution in [0.2, 0.25) is 0 Å². The molecule has 0 bridgehead atoms. The Labute approximate surface area is 135 Å². The predicted octanol–water partition coefficient (Wildman–Crippen LogP) is 2.07. The number of benzene rings is 1. The summed E-state index contributed by atoms with van der Waals surface area (Å²) in [5.41, 5.74) is -0.921.